The van der Waals surface area contributed by atoms with E-state index in [4.69, 9.17) is 0 Å². The molecule has 0 saturated heterocycles. The minimum absolute atomic E-state index is 1.02. The molecule has 0 spiro atoms. The lowest BCUT2D eigenvalue weighted by Gasteiger charge is -1.96. The highest BCUT2D eigenvalue weighted by Gasteiger charge is 2.07. The molecule has 0 atom stereocenters. The smallest absolute Gasteiger partial charge is 0.168 e. The van der Waals surface area contributed by atoms with Crippen LogP contribution in [0.15, 0.2) is 61.1 Å². The number of para-hydroxylation sites is 1. The van der Waals surface area contributed by atoms with E-state index in [-0.39, 0.29) is 0 Å². The molecule has 2 heteroatoms. The fourth-order valence-corrected chi connectivity index (χ4v) is 2.46. The summed E-state index contributed by atoms with van der Waals surface area (Å²) in [6, 6.07) is 14.8. The van der Waals surface area contributed by atoms with Gasteiger partial charge in [-0.25, -0.2) is 4.57 Å². The Labute approximate surface area is 107 Å². The fourth-order valence-electron chi connectivity index (χ4n) is 2.46. The van der Waals surface area contributed by atoms with Gasteiger partial charge in [-0.15, -0.1) is 0 Å². The molecule has 0 aliphatic carbocycles. The molecule has 0 aliphatic rings. The largest absolute Gasteiger partial charge is 0.350 e. The normalized spacial score (nSPS) is 10.9. The van der Waals surface area contributed by atoms with E-state index in [9.17, 15) is 0 Å². The summed E-state index contributed by atoms with van der Waals surface area (Å²) in [7, 11) is 2.11. The van der Waals surface area contributed by atoms with E-state index in [0.29, 0.717) is 0 Å². The van der Waals surface area contributed by atoms with Gasteiger partial charge >= 0.3 is 0 Å². The molecule has 0 saturated carbocycles. The Bertz CT molecular complexity index is 653. The highest BCUT2D eigenvalue weighted by molar-refractivity contribution is 5.83. The first-order valence-corrected chi connectivity index (χ1v) is 6.31. The van der Waals surface area contributed by atoms with Crippen LogP contribution in [0.3, 0.4) is 0 Å². The number of hydrogen-bond donors (Lipinski definition) is 0. The molecule has 0 fully saturated rings. The lowest BCUT2D eigenvalue weighted by molar-refractivity contribution is -0.696. The summed E-state index contributed by atoms with van der Waals surface area (Å²) < 4.78 is 4.43. The van der Waals surface area contributed by atoms with Gasteiger partial charge in [-0.2, -0.15) is 0 Å². The molecule has 90 valence electrons. The summed E-state index contributed by atoms with van der Waals surface area (Å²) in [6.07, 6.45) is 7.54. The summed E-state index contributed by atoms with van der Waals surface area (Å²) in [5.41, 5.74) is 2.73. The average Bonchev–Trinajstić information content (AvgIpc) is 2.75. The van der Waals surface area contributed by atoms with E-state index < -0.39 is 0 Å². The summed E-state index contributed by atoms with van der Waals surface area (Å²) in [5, 5.41) is 1.37. The van der Waals surface area contributed by atoms with E-state index >= 15 is 0 Å². The average molecular weight is 237 g/mol. The monoisotopic (exact) mass is 237 g/mol. The minimum Gasteiger partial charge on any atom is -0.350 e. The van der Waals surface area contributed by atoms with Crippen LogP contribution in [0.4, 0.5) is 0 Å². The second-order valence-corrected chi connectivity index (χ2v) is 4.65. The summed E-state index contributed by atoms with van der Waals surface area (Å²) in [5.74, 6) is 0. The highest BCUT2D eigenvalue weighted by atomic mass is 14.9. The predicted molar refractivity (Wildman–Crippen MR) is 73.3 cm³/mol. The van der Waals surface area contributed by atoms with Crippen LogP contribution in [-0.4, -0.2) is 4.57 Å². The van der Waals surface area contributed by atoms with Crippen molar-refractivity contribution in [3.8, 4) is 0 Å². The molecule has 2 nitrogen and oxygen atoms in total. The SMILES string of the molecule is Cn1cc(CC[n+]2ccccc2)c2ccccc21. The molecule has 0 bridgehead atoms. The van der Waals surface area contributed by atoms with Crippen molar-refractivity contribution < 1.29 is 4.57 Å². The molecule has 0 radical (unpaired) electrons. The van der Waals surface area contributed by atoms with Crippen molar-refractivity contribution in [3.05, 3.63) is 66.6 Å². The highest BCUT2D eigenvalue weighted by Crippen LogP contribution is 2.20. The van der Waals surface area contributed by atoms with Gasteiger partial charge in [0.1, 0.15) is 0 Å². The third kappa shape index (κ3) is 2.02. The maximum atomic E-state index is 2.24. The van der Waals surface area contributed by atoms with Crippen molar-refractivity contribution in [1.82, 2.24) is 4.57 Å². The molecule has 3 rings (SSSR count). The molecule has 2 heterocycles. The Morgan fingerprint density at radius 3 is 2.61 bits per heavy atom. The van der Waals surface area contributed by atoms with Gasteiger partial charge in [0.25, 0.3) is 0 Å². The van der Waals surface area contributed by atoms with E-state index in [1.54, 1.807) is 0 Å². The Balaban J connectivity index is 1.87. The van der Waals surface area contributed by atoms with Crippen LogP contribution in [0.1, 0.15) is 5.56 Å². The molecule has 2 aromatic heterocycles. The Morgan fingerprint density at radius 1 is 1.00 bits per heavy atom. The number of hydrogen-bond acceptors (Lipinski definition) is 0. The molecular formula is C16H17N2+. The Morgan fingerprint density at radius 2 is 1.78 bits per heavy atom. The summed E-state index contributed by atoms with van der Waals surface area (Å²) in [6.45, 7) is 1.02. The number of fused-ring (bicyclic) bond motifs is 1. The van der Waals surface area contributed by atoms with E-state index in [0.717, 1.165) is 13.0 Å². The van der Waals surface area contributed by atoms with Gasteiger partial charge < -0.3 is 4.57 Å². The third-order valence-electron chi connectivity index (χ3n) is 3.40. The van der Waals surface area contributed by atoms with Crippen molar-refractivity contribution >= 4 is 10.9 Å². The quantitative estimate of drug-likeness (QED) is 0.619. The van der Waals surface area contributed by atoms with Gasteiger partial charge in [0.05, 0.1) is 0 Å². The van der Waals surface area contributed by atoms with Gasteiger partial charge in [-0.3, -0.25) is 0 Å². The summed E-state index contributed by atoms with van der Waals surface area (Å²) >= 11 is 0. The first-order valence-electron chi connectivity index (χ1n) is 6.31. The van der Waals surface area contributed by atoms with Crippen LogP contribution in [-0.2, 0) is 20.0 Å². The second kappa shape index (κ2) is 4.65. The van der Waals surface area contributed by atoms with Crippen LogP contribution in [0.25, 0.3) is 10.9 Å². The number of rotatable bonds is 3. The lowest BCUT2D eigenvalue weighted by atomic mass is 10.1. The number of benzene rings is 1. The zero-order valence-electron chi connectivity index (χ0n) is 10.6. The Hall–Kier alpha value is -2.09. The molecule has 18 heavy (non-hydrogen) atoms. The molecule has 0 unspecified atom stereocenters. The zero-order valence-corrected chi connectivity index (χ0v) is 10.6. The van der Waals surface area contributed by atoms with Gasteiger partial charge in [0.2, 0.25) is 0 Å². The van der Waals surface area contributed by atoms with Crippen LogP contribution in [0.5, 0.6) is 0 Å². The first kappa shape index (κ1) is 11.0. The van der Waals surface area contributed by atoms with Crippen LogP contribution in [0.2, 0.25) is 0 Å². The standard InChI is InChI=1S/C16H17N2/c1-17-13-14(15-7-3-4-8-16(15)17)9-12-18-10-5-2-6-11-18/h2-8,10-11,13H,9,12H2,1H3/q+1. The van der Waals surface area contributed by atoms with Crippen molar-refractivity contribution in [3.63, 3.8) is 0 Å². The fraction of sp³-hybridized carbons (Fsp3) is 0.188. The van der Waals surface area contributed by atoms with Crippen molar-refractivity contribution in [2.45, 2.75) is 13.0 Å². The van der Waals surface area contributed by atoms with E-state index in [2.05, 4.69) is 77.2 Å². The maximum Gasteiger partial charge on any atom is 0.168 e. The number of aryl methyl sites for hydroxylation is 3. The molecule has 1 aromatic carbocycles. The predicted octanol–water partition coefficient (Wildman–Crippen LogP) is 2.71. The van der Waals surface area contributed by atoms with Crippen molar-refractivity contribution in [2.75, 3.05) is 0 Å². The lowest BCUT2D eigenvalue weighted by Crippen LogP contribution is -2.33. The van der Waals surface area contributed by atoms with Crippen molar-refractivity contribution in [1.29, 1.82) is 0 Å². The van der Waals surface area contributed by atoms with Crippen molar-refractivity contribution in [2.24, 2.45) is 7.05 Å². The van der Waals surface area contributed by atoms with Crippen LogP contribution < -0.4 is 4.57 Å². The molecule has 3 aromatic rings. The minimum atomic E-state index is 1.02. The third-order valence-corrected chi connectivity index (χ3v) is 3.40. The summed E-state index contributed by atoms with van der Waals surface area (Å²) in [4.78, 5) is 0. The topological polar surface area (TPSA) is 8.81 Å². The van der Waals surface area contributed by atoms with Gasteiger partial charge in [0, 0.05) is 42.7 Å². The number of pyridine rings is 1. The van der Waals surface area contributed by atoms with E-state index in [1.807, 2.05) is 0 Å². The molecule has 0 amide bonds. The van der Waals surface area contributed by atoms with Crippen LogP contribution in [0, 0.1) is 0 Å². The zero-order chi connectivity index (χ0) is 12.4. The van der Waals surface area contributed by atoms with Gasteiger partial charge in [-0.1, -0.05) is 24.3 Å². The van der Waals surface area contributed by atoms with Crippen LogP contribution >= 0.6 is 0 Å². The second-order valence-electron chi connectivity index (χ2n) is 4.65. The maximum absolute atomic E-state index is 2.24. The molecule has 0 aliphatic heterocycles. The number of nitrogens with zero attached hydrogens (tertiary/aromatic N) is 2. The Kier molecular flexibility index (Phi) is 2.85. The molecular weight excluding hydrogens is 220 g/mol. The van der Waals surface area contributed by atoms with E-state index in [1.165, 1.54) is 16.5 Å². The first-order chi connectivity index (χ1) is 8.84. The van der Waals surface area contributed by atoms with Gasteiger partial charge in [0.15, 0.2) is 18.9 Å². The number of aromatic nitrogens is 2. The molecule has 0 N–H and O–H groups in total. The van der Waals surface area contributed by atoms with Gasteiger partial charge in [-0.05, 0) is 11.6 Å².